The van der Waals surface area contributed by atoms with Gasteiger partial charge in [-0.1, -0.05) is 48.0 Å². The number of aromatic amines is 1. The average Bonchev–Trinajstić information content (AvgIpc) is 3.50. The van der Waals surface area contributed by atoms with Gasteiger partial charge in [0.1, 0.15) is 0 Å². The fraction of sp³-hybridized carbons (Fsp3) is 0.280. The van der Waals surface area contributed by atoms with Crippen LogP contribution >= 0.6 is 0 Å². The van der Waals surface area contributed by atoms with E-state index in [1.807, 2.05) is 30.3 Å². The number of hydrogen-bond donors (Lipinski definition) is 1. The number of nitrogens with one attached hydrogen (secondary N) is 1. The van der Waals surface area contributed by atoms with Crippen molar-refractivity contribution in [3.63, 3.8) is 0 Å². The molecule has 0 aliphatic rings. The van der Waals surface area contributed by atoms with E-state index in [0.29, 0.717) is 17.9 Å². The quantitative estimate of drug-likeness (QED) is 0.207. The Labute approximate surface area is 202 Å². The standard InChI is InChI=1S/C25H27N7O3/c1-18-24(28-29-31(18)21-13-9-14-22(17-21)32(34)35)25(33)30(2)15-8-4-7-12-20-16-23(27-26-20)19-10-5-3-6-11-19/h3,5-6,9-11,13-14,16-17H,4,7-8,12,15H2,1-2H3,(H,26,27). The van der Waals surface area contributed by atoms with Gasteiger partial charge < -0.3 is 4.90 Å². The summed E-state index contributed by atoms with van der Waals surface area (Å²) in [4.78, 5) is 25.1. The zero-order chi connectivity index (χ0) is 24.8. The Kier molecular flexibility index (Phi) is 7.30. The number of carbonyl (C=O) groups is 1. The maximum absolute atomic E-state index is 12.9. The van der Waals surface area contributed by atoms with Gasteiger partial charge in [0.25, 0.3) is 11.6 Å². The predicted molar refractivity (Wildman–Crippen MR) is 131 cm³/mol. The molecular formula is C25H27N7O3. The third-order valence-corrected chi connectivity index (χ3v) is 5.87. The molecule has 0 radical (unpaired) electrons. The lowest BCUT2D eigenvalue weighted by Crippen LogP contribution is -2.28. The molecule has 2 aromatic heterocycles. The van der Waals surface area contributed by atoms with Crippen LogP contribution in [-0.2, 0) is 6.42 Å². The van der Waals surface area contributed by atoms with Crippen LogP contribution in [-0.4, -0.2) is 54.5 Å². The molecule has 0 atom stereocenters. The predicted octanol–water partition coefficient (Wildman–Crippen LogP) is 4.36. The molecular weight excluding hydrogens is 446 g/mol. The fourth-order valence-electron chi connectivity index (χ4n) is 3.88. The van der Waals surface area contributed by atoms with Gasteiger partial charge in [-0.2, -0.15) is 5.10 Å². The smallest absolute Gasteiger partial charge is 0.276 e. The number of rotatable bonds is 10. The molecule has 180 valence electrons. The number of unbranched alkanes of at least 4 members (excludes halogenated alkanes) is 2. The van der Waals surface area contributed by atoms with Gasteiger partial charge in [-0.3, -0.25) is 20.0 Å². The van der Waals surface area contributed by atoms with Crippen molar-refractivity contribution < 1.29 is 9.72 Å². The van der Waals surface area contributed by atoms with Crippen LogP contribution in [0.25, 0.3) is 16.9 Å². The lowest BCUT2D eigenvalue weighted by atomic mass is 10.1. The molecule has 2 heterocycles. The van der Waals surface area contributed by atoms with Crippen molar-refractivity contribution in [3.8, 4) is 16.9 Å². The van der Waals surface area contributed by atoms with Crippen molar-refractivity contribution in [3.05, 3.63) is 87.9 Å². The molecule has 35 heavy (non-hydrogen) atoms. The second kappa shape index (κ2) is 10.7. The van der Waals surface area contributed by atoms with Gasteiger partial charge in [0.05, 0.1) is 22.0 Å². The Balaban J connectivity index is 1.27. The summed E-state index contributed by atoms with van der Waals surface area (Å²) < 4.78 is 1.45. The number of nitrogens with zero attached hydrogens (tertiary/aromatic N) is 6. The van der Waals surface area contributed by atoms with E-state index in [1.54, 1.807) is 31.0 Å². The molecule has 0 spiro atoms. The fourth-order valence-corrected chi connectivity index (χ4v) is 3.88. The summed E-state index contributed by atoms with van der Waals surface area (Å²) >= 11 is 0. The molecule has 0 unspecified atom stereocenters. The van der Waals surface area contributed by atoms with E-state index >= 15 is 0 Å². The Hall–Kier alpha value is -4.34. The highest BCUT2D eigenvalue weighted by molar-refractivity contribution is 5.93. The zero-order valence-corrected chi connectivity index (χ0v) is 19.7. The first-order valence-electron chi connectivity index (χ1n) is 11.5. The third kappa shape index (κ3) is 5.60. The lowest BCUT2D eigenvalue weighted by Gasteiger charge is -2.16. The minimum absolute atomic E-state index is 0.0474. The molecule has 0 saturated heterocycles. The summed E-state index contributed by atoms with van der Waals surface area (Å²) in [6.45, 7) is 2.33. The van der Waals surface area contributed by atoms with E-state index in [2.05, 4.69) is 26.6 Å². The largest absolute Gasteiger partial charge is 0.340 e. The number of nitro benzene ring substituents is 1. The molecule has 0 fully saturated rings. The Bertz CT molecular complexity index is 1310. The van der Waals surface area contributed by atoms with E-state index in [1.165, 1.54) is 16.8 Å². The number of carbonyl (C=O) groups excluding carboxylic acids is 1. The second-order valence-electron chi connectivity index (χ2n) is 8.39. The first kappa shape index (κ1) is 23.8. The van der Waals surface area contributed by atoms with Crippen molar-refractivity contribution >= 4 is 11.6 Å². The normalized spacial score (nSPS) is 10.9. The van der Waals surface area contributed by atoms with Crippen molar-refractivity contribution in [1.82, 2.24) is 30.1 Å². The Morgan fingerprint density at radius 3 is 2.66 bits per heavy atom. The maximum Gasteiger partial charge on any atom is 0.276 e. The molecule has 0 aliphatic heterocycles. The van der Waals surface area contributed by atoms with Crippen molar-refractivity contribution in [2.45, 2.75) is 32.6 Å². The Morgan fingerprint density at radius 1 is 1.09 bits per heavy atom. The third-order valence-electron chi connectivity index (χ3n) is 5.87. The van der Waals surface area contributed by atoms with Crippen LogP contribution in [0.1, 0.15) is 41.1 Å². The first-order chi connectivity index (χ1) is 16.9. The van der Waals surface area contributed by atoms with Gasteiger partial charge >= 0.3 is 0 Å². The highest BCUT2D eigenvalue weighted by Gasteiger charge is 2.21. The second-order valence-corrected chi connectivity index (χ2v) is 8.39. The number of amides is 1. The zero-order valence-electron chi connectivity index (χ0n) is 19.7. The van der Waals surface area contributed by atoms with E-state index in [-0.39, 0.29) is 17.3 Å². The number of hydrogen-bond acceptors (Lipinski definition) is 6. The van der Waals surface area contributed by atoms with Gasteiger partial charge in [0, 0.05) is 37.0 Å². The number of H-pyrrole nitrogens is 1. The van der Waals surface area contributed by atoms with Crippen LogP contribution in [0.15, 0.2) is 60.7 Å². The summed E-state index contributed by atoms with van der Waals surface area (Å²) in [5.74, 6) is -0.222. The monoisotopic (exact) mass is 473 g/mol. The van der Waals surface area contributed by atoms with E-state index < -0.39 is 4.92 Å². The Morgan fingerprint density at radius 2 is 1.89 bits per heavy atom. The number of benzene rings is 2. The van der Waals surface area contributed by atoms with Crippen LogP contribution in [0.4, 0.5) is 5.69 Å². The number of aromatic nitrogens is 5. The molecule has 10 nitrogen and oxygen atoms in total. The van der Waals surface area contributed by atoms with E-state index in [0.717, 1.165) is 42.6 Å². The highest BCUT2D eigenvalue weighted by Crippen LogP contribution is 2.20. The molecule has 4 rings (SSSR count). The topological polar surface area (TPSA) is 123 Å². The van der Waals surface area contributed by atoms with Gasteiger partial charge in [-0.25, -0.2) is 4.68 Å². The molecule has 1 amide bonds. The van der Waals surface area contributed by atoms with Crippen molar-refractivity contribution in [2.75, 3.05) is 13.6 Å². The average molecular weight is 474 g/mol. The molecule has 4 aromatic rings. The van der Waals surface area contributed by atoms with Crippen LogP contribution < -0.4 is 0 Å². The van der Waals surface area contributed by atoms with Crippen LogP contribution in [0.5, 0.6) is 0 Å². The number of non-ortho nitro benzene ring substituents is 1. The number of nitro groups is 1. The van der Waals surface area contributed by atoms with Crippen LogP contribution in [0.3, 0.4) is 0 Å². The molecule has 0 saturated carbocycles. The van der Waals surface area contributed by atoms with Gasteiger partial charge in [-0.05, 0) is 38.3 Å². The van der Waals surface area contributed by atoms with E-state index in [4.69, 9.17) is 0 Å². The van der Waals surface area contributed by atoms with Crippen LogP contribution in [0.2, 0.25) is 0 Å². The van der Waals surface area contributed by atoms with Gasteiger partial charge in [0.15, 0.2) is 5.69 Å². The molecule has 10 heteroatoms. The minimum Gasteiger partial charge on any atom is -0.340 e. The SMILES string of the molecule is Cc1c(C(=O)N(C)CCCCCc2cc(-c3ccccc3)n[nH]2)nnn1-c1cccc([N+](=O)[O-])c1. The van der Waals surface area contributed by atoms with E-state index in [9.17, 15) is 14.9 Å². The maximum atomic E-state index is 12.9. The van der Waals surface area contributed by atoms with Crippen molar-refractivity contribution in [2.24, 2.45) is 0 Å². The summed E-state index contributed by atoms with van der Waals surface area (Å²) in [6.07, 6.45) is 3.71. The van der Waals surface area contributed by atoms with Crippen LogP contribution in [0, 0.1) is 17.0 Å². The summed E-state index contributed by atoms with van der Waals surface area (Å²) in [6, 6.07) is 18.2. The first-order valence-corrected chi connectivity index (χ1v) is 11.5. The van der Waals surface area contributed by atoms with Crippen molar-refractivity contribution in [1.29, 1.82) is 0 Å². The van der Waals surface area contributed by atoms with Gasteiger partial charge in [-0.15, -0.1) is 5.10 Å². The summed E-state index contributed by atoms with van der Waals surface area (Å²) in [7, 11) is 1.75. The highest BCUT2D eigenvalue weighted by atomic mass is 16.6. The van der Waals surface area contributed by atoms with Gasteiger partial charge in [0.2, 0.25) is 0 Å². The molecule has 0 aliphatic carbocycles. The minimum atomic E-state index is -0.468. The molecule has 0 bridgehead atoms. The lowest BCUT2D eigenvalue weighted by molar-refractivity contribution is -0.384. The molecule has 1 N–H and O–H groups in total. The summed E-state index contributed by atoms with van der Waals surface area (Å²) in [5, 5.41) is 26.6. The number of aryl methyl sites for hydroxylation is 1. The molecule has 2 aromatic carbocycles. The summed E-state index contributed by atoms with van der Waals surface area (Å²) in [5.41, 5.74) is 4.35.